The first-order valence-electron chi connectivity index (χ1n) is 6.77. The summed E-state index contributed by atoms with van der Waals surface area (Å²) in [7, 11) is 0. The lowest BCUT2D eigenvalue weighted by Gasteiger charge is -2.47. The normalized spacial score (nSPS) is 28.1. The quantitative estimate of drug-likeness (QED) is 0.903. The monoisotopic (exact) mass is 278 g/mol. The SMILES string of the molecule is N#Cc1cc(F)c(NCC2CN3CCN2CC3)c(F)c1. The van der Waals surface area contributed by atoms with Crippen LogP contribution in [0.15, 0.2) is 12.1 Å². The zero-order chi connectivity index (χ0) is 14.1. The summed E-state index contributed by atoms with van der Waals surface area (Å²) in [4.78, 5) is 4.73. The maximum Gasteiger partial charge on any atom is 0.150 e. The van der Waals surface area contributed by atoms with Gasteiger partial charge < -0.3 is 5.32 Å². The number of nitriles is 1. The van der Waals surface area contributed by atoms with Crippen LogP contribution in [0.4, 0.5) is 14.5 Å². The molecule has 1 aromatic carbocycles. The molecule has 4 nitrogen and oxygen atoms in total. The largest absolute Gasteiger partial charge is 0.379 e. The summed E-state index contributed by atoms with van der Waals surface area (Å²) in [6.07, 6.45) is 0. The van der Waals surface area contributed by atoms with E-state index in [1.54, 1.807) is 6.07 Å². The minimum Gasteiger partial charge on any atom is -0.379 e. The van der Waals surface area contributed by atoms with Gasteiger partial charge in [0, 0.05) is 45.3 Å². The molecule has 3 aliphatic rings. The summed E-state index contributed by atoms with van der Waals surface area (Å²) < 4.78 is 27.5. The Labute approximate surface area is 116 Å². The third-order valence-electron chi connectivity index (χ3n) is 4.08. The van der Waals surface area contributed by atoms with E-state index in [0.717, 1.165) is 44.9 Å². The van der Waals surface area contributed by atoms with Gasteiger partial charge in [-0.2, -0.15) is 5.26 Å². The van der Waals surface area contributed by atoms with Crippen molar-refractivity contribution >= 4 is 5.69 Å². The molecule has 3 aliphatic heterocycles. The molecular weight excluding hydrogens is 262 g/mol. The summed E-state index contributed by atoms with van der Waals surface area (Å²) in [5, 5.41) is 11.5. The number of hydrogen-bond donors (Lipinski definition) is 1. The molecule has 0 amide bonds. The van der Waals surface area contributed by atoms with Gasteiger partial charge in [-0.05, 0) is 12.1 Å². The minimum absolute atomic E-state index is 0.00265. The van der Waals surface area contributed by atoms with E-state index in [1.165, 1.54) is 0 Å². The van der Waals surface area contributed by atoms with Gasteiger partial charge in [-0.1, -0.05) is 0 Å². The van der Waals surface area contributed by atoms with Crippen LogP contribution in [-0.2, 0) is 0 Å². The van der Waals surface area contributed by atoms with E-state index in [0.29, 0.717) is 6.54 Å². The van der Waals surface area contributed by atoms with Crippen LogP contribution >= 0.6 is 0 Å². The Morgan fingerprint density at radius 2 is 1.85 bits per heavy atom. The van der Waals surface area contributed by atoms with Crippen LogP contribution < -0.4 is 5.32 Å². The molecule has 0 radical (unpaired) electrons. The van der Waals surface area contributed by atoms with Crippen molar-refractivity contribution in [2.75, 3.05) is 44.6 Å². The number of nitrogens with zero attached hydrogens (tertiary/aromatic N) is 3. The van der Waals surface area contributed by atoms with Gasteiger partial charge in [-0.15, -0.1) is 0 Å². The van der Waals surface area contributed by atoms with Crippen molar-refractivity contribution in [1.29, 1.82) is 5.26 Å². The fourth-order valence-electron chi connectivity index (χ4n) is 2.94. The fourth-order valence-corrected chi connectivity index (χ4v) is 2.94. The zero-order valence-electron chi connectivity index (χ0n) is 11.1. The van der Waals surface area contributed by atoms with Gasteiger partial charge >= 0.3 is 0 Å². The van der Waals surface area contributed by atoms with Gasteiger partial charge in [0.05, 0.1) is 11.6 Å². The summed E-state index contributed by atoms with van der Waals surface area (Å²) in [5.41, 5.74) is -0.140. The topological polar surface area (TPSA) is 42.3 Å². The lowest BCUT2D eigenvalue weighted by atomic mass is 10.1. The van der Waals surface area contributed by atoms with E-state index in [1.807, 2.05) is 0 Å². The number of piperazine rings is 3. The van der Waals surface area contributed by atoms with Crippen LogP contribution in [0, 0.1) is 23.0 Å². The molecule has 3 heterocycles. The molecule has 0 aromatic heterocycles. The first-order chi connectivity index (χ1) is 9.67. The number of nitrogens with one attached hydrogen (secondary N) is 1. The molecule has 1 N–H and O–H groups in total. The summed E-state index contributed by atoms with van der Waals surface area (Å²) in [6.45, 7) is 5.64. The molecule has 1 atom stereocenters. The lowest BCUT2D eigenvalue weighted by Crippen LogP contribution is -2.62. The maximum absolute atomic E-state index is 13.8. The van der Waals surface area contributed by atoms with E-state index in [2.05, 4.69) is 15.1 Å². The average molecular weight is 278 g/mol. The van der Waals surface area contributed by atoms with Crippen LogP contribution in [0.5, 0.6) is 0 Å². The Morgan fingerprint density at radius 3 is 2.35 bits per heavy atom. The van der Waals surface area contributed by atoms with Crippen LogP contribution in [0.3, 0.4) is 0 Å². The van der Waals surface area contributed by atoms with E-state index in [4.69, 9.17) is 5.26 Å². The molecule has 6 heteroatoms. The van der Waals surface area contributed by atoms with Gasteiger partial charge in [0.2, 0.25) is 0 Å². The second-order valence-electron chi connectivity index (χ2n) is 5.30. The van der Waals surface area contributed by atoms with E-state index < -0.39 is 11.6 Å². The number of benzene rings is 1. The van der Waals surface area contributed by atoms with E-state index >= 15 is 0 Å². The predicted molar refractivity (Wildman–Crippen MR) is 71.4 cm³/mol. The molecule has 106 valence electrons. The summed E-state index contributed by atoms with van der Waals surface area (Å²) in [5.74, 6) is -1.42. The summed E-state index contributed by atoms with van der Waals surface area (Å²) in [6, 6.07) is 4.14. The highest BCUT2D eigenvalue weighted by atomic mass is 19.1. The Morgan fingerprint density at radius 1 is 1.20 bits per heavy atom. The van der Waals surface area contributed by atoms with Crippen molar-refractivity contribution in [3.63, 3.8) is 0 Å². The van der Waals surface area contributed by atoms with Crippen LogP contribution in [0.25, 0.3) is 0 Å². The molecule has 2 bridgehead atoms. The number of rotatable bonds is 3. The fraction of sp³-hybridized carbons (Fsp3) is 0.500. The van der Waals surface area contributed by atoms with Crippen molar-refractivity contribution in [3.8, 4) is 6.07 Å². The lowest BCUT2D eigenvalue weighted by molar-refractivity contribution is 0.0189. The van der Waals surface area contributed by atoms with E-state index in [-0.39, 0.29) is 17.3 Å². The Balaban J connectivity index is 1.68. The van der Waals surface area contributed by atoms with Gasteiger partial charge in [0.1, 0.15) is 5.69 Å². The molecule has 0 spiro atoms. The smallest absolute Gasteiger partial charge is 0.150 e. The second kappa shape index (κ2) is 5.35. The molecular formula is C14H16F2N4. The van der Waals surface area contributed by atoms with Crippen LogP contribution in [-0.4, -0.2) is 55.1 Å². The van der Waals surface area contributed by atoms with Crippen molar-refractivity contribution in [1.82, 2.24) is 9.80 Å². The standard InChI is InChI=1S/C14H16F2N4/c15-12-5-10(7-17)6-13(16)14(12)18-8-11-9-19-1-3-20(11)4-2-19/h5-6,11,18H,1-4,8-9H2. The first-order valence-corrected chi connectivity index (χ1v) is 6.77. The van der Waals surface area contributed by atoms with E-state index in [9.17, 15) is 8.78 Å². The average Bonchev–Trinajstić information content (AvgIpc) is 2.47. The Bertz CT molecular complexity index is 524. The number of fused-ring (bicyclic) bond motifs is 3. The number of halogens is 2. The van der Waals surface area contributed by atoms with Crippen molar-refractivity contribution in [2.45, 2.75) is 6.04 Å². The first kappa shape index (κ1) is 13.3. The van der Waals surface area contributed by atoms with Crippen molar-refractivity contribution in [2.24, 2.45) is 0 Å². The van der Waals surface area contributed by atoms with Gasteiger partial charge in [-0.3, -0.25) is 9.80 Å². The molecule has 3 saturated heterocycles. The minimum atomic E-state index is -0.710. The molecule has 3 fully saturated rings. The molecule has 20 heavy (non-hydrogen) atoms. The van der Waals surface area contributed by atoms with Gasteiger partial charge in [0.25, 0.3) is 0 Å². The van der Waals surface area contributed by atoms with Crippen molar-refractivity contribution < 1.29 is 8.78 Å². The number of hydrogen-bond acceptors (Lipinski definition) is 4. The highest BCUT2D eigenvalue weighted by Crippen LogP contribution is 2.22. The third-order valence-corrected chi connectivity index (χ3v) is 4.08. The molecule has 0 saturated carbocycles. The molecule has 0 aliphatic carbocycles. The van der Waals surface area contributed by atoms with Gasteiger partial charge in [0.15, 0.2) is 11.6 Å². The Hall–Kier alpha value is -1.71. The van der Waals surface area contributed by atoms with Crippen molar-refractivity contribution in [3.05, 3.63) is 29.3 Å². The van der Waals surface area contributed by atoms with Crippen LogP contribution in [0.1, 0.15) is 5.56 Å². The third kappa shape index (κ3) is 2.47. The predicted octanol–water partition coefficient (Wildman–Crippen LogP) is 1.25. The molecule has 4 rings (SSSR count). The maximum atomic E-state index is 13.8. The number of anilines is 1. The highest BCUT2D eigenvalue weighted by molar-refractivity contribution is 5.50. The second-order valence-corrected chi connectivity index (χ2v) is 5.30. The Kier molecular flexibility index (Phi) is 3.55. The van der Waals surface area contributed by atoms with Gasteiger partial charge in [-0.25, -0.2) is 8.78 Å². The molecule has 1 unspecified atom stereocenters. The molecule has 1 aromatic rings. The highest BCUT2D eigenvalue weighted by Gasteiger charge is 2.31. The summed E-state index contributed by atoms with van der Waals surface area (Å²) >= 11 is 0. The van der Waals surface area contributed by atoms with Crippen LogP contribution in [0.2, 0.25) is 0 Å². The zero-order valence-corrected chi connectivity index (χ0v) is 11.1.